The quantitative estimate of drug-likeness (QED) is 0.665. The molecule has 0 saturated heterocycles. The Labute approximate surface area is 130 Å². The maximum absolute atomic E-state index is 6.25. The molecule has 0 radical (unpaired) electrons. The fourth-order valence-corrected chi connectivity index (χ4v) is 3.25. The molecule has 1 aliphatic heterocycles. The number of aromatic nitrogens is 1. The first-order valence-electron chi connectivity index (χ1n) is 6.36. The first-order chi connectivity index (χ1) is 10.3. The van der Waals surface area contributed by atoms with Crippen LogP contribution in [-0.2, 0) is 5.75 Å². The van der Waals surface area contributed by atoms with Crippen molar-refractivity contribution in [2.45, 2.75) is 11.0 Å². The number of hydrogen-bond donors (Lipinski definition) is 0. The fourth-order valence-electron chi connectivity index (χ4n) is 2.12. The molecule has 0 atom stereocenters. The van der Waals surface area contributed by atoms with Crippen LogP contribution in [0.25, 0.3) is 11.1 Å². The summed E-state index contributed by atoms with van der Waals surface area (Å²) in [5.74, 6) is 2.07. The molecule has 0 bridgehead atoms. The minimum atomic E-state index is 0.243. The van der Waals surface area contributed by atoms with Crippen LogP contribution in [0.3, 0.4) is 0 Å². The molecular weight excluding hydrogens is 310 g/mol. The molecular formula is C15H10ClNO3S. The van der Waals surface area contributed by atoms with Gasteiger partial charge in [-0.15, -0.1) is 0 Å². The predicted molar refractivity (Wildman–Crippen MR) is 81.1 cm³/mol. The van der Waals surface area contributed by atoms with E-state index in [0.717, 1.165) is 22.4 Å². The molecule has 2 heterocycles. The molecule has 4 rings (SSSR count). The Bertz CT molecular complexity index is 785. The molecule has 0 saturated carbocycles. The molecule has 1 aliphatic rings. The lowest BCUT2D eigenvalue weighted by atomic mass is 10.2. The summed E-state index contributed by atoms with van der Waals surface area (Å²) < 4.78 is 16.3. The summed E-state index contributed by atoms with van der Waals surface area (Å²) in [6.45, 7) is 0.243. The van der Waals surface area contributed by atoms with E-state index in [-0.39, 0.29) is 6.79 Å². The van der Waals surface area contributed by atoms with Gasteiger partial charge in [-0.1, -0.05) is 35.5 Å². The molecule has 0 aliphatic carbocycles. The maximum Gasteiger partial charge on any atom is 0.257 e. The average molecular weight is 320 g/mol. The summed E-state index contributed by atoms with van der Waals surface area (Å²) in [6.07, 6.45) is 0. The monoisotopic (exact) mass is 319 g/mol. The first kappa shape index (κ1) is 12.9. The van der Waals surface area contributed by atoms with Crippen LogP contribution in [0.1, 0.15) is 5.56 Å². The van der Waals surface area contributed by atoms with E-state index in [1.54, 1.807) is 6.07 Å². The standard InChI is InChI=1S/C15H10ClNO3S/c16-10-6-14-13(18-8-19-14)5-9(10)7-21-15-17-11-3-1-2-4-12(11)20-15/h1-6H,7-8H2. The van der Waals surface area contributed by atoms with Gasteiger partial charge in [-0.25, -0.2) is 4.98 Å². The molecule has 0 N–H and O–H groups in total. The van der Waals surface area contributed by atoms with Gasteiger partial charge in [0.25, 0.3) is 5.22 Å². The summed E-state index contributed by atoms with van der Waals surface area (Å²) in [4.78, 5) is 4.43. The fraction of sp³-hybridized carbons (Fsp3) is 0.133. The number of oxazole rings is 1. The normalized spacial score (nSPS) is 13.0. The molecule has 106 valence electrons. The van der Waals surface area contributed by atoms with E-state index in [9.17, 15) is 0 Å². The zero-order chi connectivity index (χ0) is 14.2. The molecule has 2 aromatic carbocycles. The lowest BCUT2D eigenvalue weighted by Gasteiger charge is -2.04. The van der Waals surface area contributed by atoms with Crippen molar-refractivity contribution in [3.8, 4) is 11.5 Å². The van der Waals surface area contributed by atoms with Crippen molar-refractivity contribution in [2.75, 3.05) is 6.79 Å². The predicted octanol–water partition coefficient (Wildman–Crippen LogP) is 4.50. The largest absolute Gasteiger partial charge is 0.454 e. The van der Waals surface area contributed by atoms with Crippen molar-refractivity contribution in [3.63, 3.8) is 0 Å². The van der Waals surface area contributed by atoms with E-state index in [1.165, 1.54) is 11.8 Å². The van der Waals surface area contributed by atoms with Gasteiger partial charge >= 0.3 is 0 Å². The van der Waals surface area contributed by atoms with Crippen molar-refractivity contribution < 1.29 is 13.9 Å². The number of para-hydroxylation sites is 2. The van der Waals surface area contributed by atoms with Gasteiger partial charge in [0.1, 0.15) is 5.52 Å². The maximum atomic E-state index is 6.25. The number of nitrogens with zero attached hydrogens (tertiary/aromatic N) is 1. The Morgan fingerprint density at radius 2 is 1.95 bits per heavy atom. The average Bonchev–Trinajstić information content (AvgIpc) is 3.09. The van der Waals surface area contributed by atoms with Crippen molar-refractivity contribution in [2.24, 2.45) is 0 Å². The molecule has 4 nitrogen and oxygen atoms in total. The number of fused-ring (bicyclic) bond motifs is 2. The molecule has 0 fully saturated rings. The number of benzene rings is 2. The Morgan fingerprint density at radius 3 is 2.81 bits per heavy atom. The van der Waals surface area contributed by atoms with E-state index in [1.807, 2.05) is 30.3 Å². The highest BCUT2D eigenvalue weighted by molar-refractivity contribution is 7.98. The van der Waals surface area contributed by atoms with Gasteiger partial charge in [0.05, 0.1) is 0 Å². The van der Waals surface area contributed by atoms with E-state index < -0.39 is 0 Å². The van der Waals surface area contributed by atoms with Gasteiger partial charge in [0, 0.05) is 16.8 Å². The van der Waals surface area contributed by atoms with Crippen LogP contribution >= 0.6 is 23.4 Å². The molecule has 0 unspecified atom stereocenters. The highest BCUT2D eigenvalue weighted by atomic mass is 35.5. The lowest BCUT2D eigenvalue weighted by molar-refractivity contribution is 0.174. The minimum absolute atomic E-state index is 0.243. The van der Waals surface area contributed by atoms with Crippen molar-refractivity contribution in [3.05, 3.63) is 47.0 Å². The highest BCUT2D eigenvalue weighted by Gasteiger charge is 2.17. The number of ether oxygens (including phenoxy) is 2. The molecule has 0 spiro atoms. The van der Waals surface area contributed by atoms with Crippen LogP contribution in [-0.4, -0.2) is 11.8 Å². The van der Waals surface area contributed by atoms with E-state index >= 15 is 0 Å². The Kier molecular flexibility index (Phi) is 3.16. The van der Waals surface area contributed by atoms with Crippen LogP contribution < -0.4 is 9.47 Å². The SMILES string of the molecule is Clc1cc2c(cc1CSc1nc3ccccc3o1)OCO2. The second kappa shape index (κ2) is 5.16. The Balaban J connectivity index is 1.56. The third kappa shape index (κ3) is 2.43. The first-order valence-corrected chi connectivity index (χ1v) is 7.72. The van der Waals surface area contributed by atoms with Gasteiger partial charge in [0.15, 0.2) is 17.1 Å². The zero-order valence-corrected chi connectivity index (χ0v) is 12.4. The summed E-state index contributed by atoms with van der Waals surface area (Å²) in [6, 6.07) is 11.4. The highest BCUT2D eigenvalue weighted by Crippen LogP contribution is 2.38. The molecule has 0 amide bonds. The van der Waals surface area contributed by atoms with Crippen LogP contribution in [0, 0.1) is 0 Å². The number of halogens is 1. The summed E-state index contributed by atoms with van der Waals surface area (Å²) >= 11 is 7.75. The molecule has 3 aromatic rings. The summed E-state index contributed by atoms with van der Waals surface area (Å²) in [5, 5.41) is 1.28. The zero-order valence-electron chi connectivity index (χ0n) is 10.8. The number of thioether (sulfide) groups is 1. The van der Waals surface area contributed by atoms with Crippen LogP contribution in [0.5, 0.6) is 11.5 Å². The van der Waals surface area contributed by atoms with Gasteiger partial charge in [-0.3, -0.25) is 0 Å². The summed E-state index contributed by atoms with van der Waals surface area (Å²) in [7, 11) is 0. The van der Waals surface area contributed by atoms with Gasteiger partial charge in [-0.2, -0.15) is 0 Å². The Hall–Kier alpha value is -1.85. The molecule has 6 heteroatoms. The smallest absolute Gasteiger partial charge is 0.257 e. The third-order valence-corrected chi connectivity index (χ3v) is 4.40. The Morgan fingerprint density at radius 1 is 1.14 bits per heavy atom. The van der Waals surface area contributed by atoms with Crippen molar-refractivity contribution >= 4 is 34.5 Å². The number of hydrogen-bond acceptors (Lipinski definition) is 5. The summed E-state index contributed by atoms with van der Waals surface area (Å²) in [5.41, 5.74) is 2.61. The molecule has 1 aromatic heterocycles. The third-order valence-electron chi connectivity index (χ3n) is 3.17. The van der Waals surface area contributed by atoms with Gasteiger partial charge in [-0.05, 0) is 23.8 Å². The van der Waals surface area contributed by atoms with Crippen molar-refractivity contribution in [1.29, 1.82) is 0 Å². The molecule has 21 heavy (non-hydrogen) atoms. The second-order valence-electron chi connectivity index (χ2n) is 4.53. The van der Waals surface area contributed by atoms with Gasteiger partial charge < -0.3 is 13.9 Å². The van der Waals surface area contributed by atoms with Crippen LogP contribution in [0.4, 0.5) is 0 Å². The number of rotatable bonds is 3. The minimum Gasteiger partial charge on any atom is -0.454 e. The van der Waals surface area contributed by atoms with E-state index in [0.29, 0.717) is 21.7 Å². The van der Waals surface area contributed by atoms with E-state index in [2.05, 4.69) is 4.98 Å². The second-order valence-corrected chi connectivity index (χ2v) is 5.87. The van der Waals surface area contributed by atoms with Crippen LogP contribution in [0.2, 0.25) is 5.02 Å². The van der Waals surface area contributed by atoms with Crippen molar-refractivity contribution in [1.82, 2.24) is 4.98 Å². The van der Waals surface area contributed by atoms with E-state index in [4.69, 9.17) is 25.5 Å². The van der Waals surface area contributed by atoms with Gasteiger partial charge in [0.2, 0.25) is 6.79 Å². The topological polar surface area (TPSA) is 44.5 Å². The van der Waals surface area contributed by atoms with Crippen LogP contribution in [0.15, 0.2) is 46.0 Å². The lowest BCUT2D eigenvalue weighted by Crippen LogP contribution is -1.92.